The predicted molar refractivity (Wildman–Crippen MR) is 90.1 cm³/mol. The van der Waals surface area contributed by atoms with E-state index in [4.69, 9.17) is 0 Å². The minimum absolute atomic E-state index is 0.337. The van der Waals surface area contributed by atoms with Crippen molar-refractivity contribution in [1.29, 1.82) is 0 Å². The maximum absolute atomic E-state index is 9.44. The van der Waals surface area contributed by atoms with Crippen LogP contribution in [0.1, 0.15) is 45.4 Å². The van der Waals surface area contributed by atoms with Gasteiger partial charge >= 0.3 is 0 Å². The standard InChI is InChI=1S/C18H30N2O/c1-3-19-14-18(12-6-4-5-7-13-18)15-20(2)16-8-10-17(21)11-9-16/h8-11,19,21H,3-7,12-15H2,1-2H3. The van der Waals surface area contributed by atoms with E-state index in [1.54, 1.807) is 12.1 Å². The average Bonchev–Trinajstić information content (AvgIpc) is 2.72. The van der Waals surface area contributed by atoms with Gasteiger partial charge in [-0.25, -0.2) is 0 Å². The topological polar surface area (TPSA) is 35.5 Å². The van der Waals surface area contributed by atoms with Crippen molar-refractivity contribution in [3.05, 3.63) is 24.3 Å². The van der Waals surface area contributed by atoms with E-state index in [0.29, 0.717) is 11.2 Å². The number of hydrogen-bond acceptors (Lipinski definition) is 3. The first-order valence-electron chi connectivity index (χ1n) is 8.36. The lowest BCUT2D eigenvalue weighted by Crippen LogP contribution is -2.43. The monoisotopic (exact) mass is 290 g/mol. The molecule has 1 aromatic rings. The SMILES string of the molecule is CCNCC1(CN(C)c2ccc(O)cc2)CCCCCC1. The molecule has 3 heteroatoms. The van der Waals surface area contributed by atoms with Crippen molar-refractivity contribution >= 4 is 5.69 Å². The Morgan fingerprint density at radius 3 is 2.29 bits per heavy atom. The van der Waals surface area contributed by atoms with Crippen LogP contribution in [0.2, 0.25) is 0 Å². The van der Waals surface area contributed by atoms with Crippen molar-refractivity contribution in [3.8, 4) is 5.75 Å². The largest absolute Gasteiger partial charge is 0.508 e. The molecule has 1 aliphatic rings. The number of nitrogens with one attached hydrogen (secondary N) is 1. The van der Waals surface area contributed by atoms with Gasteiger partial charge in [0.1, 0.15) is 5.75 Å². The molecular formula is C18H30N2O. The van der Waals surface area contributed by atoms with Gasteiger partial charge in [-0.05, 0) is 43.7 Å². The Morgan fingerprint density at radius 2 is 1.71 bits per heavy atom. The number of hydrogen-bond donors (Lipinski definition) is 2. The summed E-state index contributed by atoms with van der Waals surface area (Å²) in [5.41, 5.74) is 1.58. The lowest BCUT2D eigenvalue weighted by Gasteiger charge is -2.38. The van der Waals surface area contributed by atoms with Crippen LogP contribution in [-0.4, -0.2) is 31.8 Å². The van der Waals surface area contributed by atoms with Gasteiger partial charge in [-0.15, -0.1) is 0 Å². The first kappa shape index (κ1) is 16.2. The molecule has 1 saturated carbocycles. The number of benzene rings is 1. The van der Waals surface area contributed by atoms with E-state index in [9.17, 15) is 5.11 Å². The summed E-state index contributed by atoms with van der Waals surface area (Å²) in [7, 11) is 2.17. The van der Waals surface area contributed by atoms with Gasteiger partial charge in [-0.3, -0.25) is 0 Å². The molecular weight excluding hydrogens is 260 g/mol. The lowest BCUT2D eigenvalue weighted by atomic mass is 9.79. The number of rotatable bonds is 6. The van der Waals surface area contributed by atoms with Crippen LogP contribution in [-0.2, 0) is 0 Å². The maximum Gasteiger partial charge on any atom is 0.115 e. The Balaban J connectivity index is 2.07. The van der Waals surface area contributed by atoms with Crippen molar-refractivity contribution in [1.82, 2.24) is 5.32 Å². The molecule has 118 valence electrons. The van der Waals surface area contributed by atoms with Crippen molar-refractivity contribution in [2.75, 3.05) is 31.6 Å². The van der Waals surface area contributed by atoms with E-state index in [1.807, 2.05) is 12.1 Å². The van der Waals surface area contributed by atoms with Crippen LogP contribution in [0.3, 0.4) is 0 Å². The quantitative estimate of drug-likeness (QED) is 0.783. The van der Waals surface area contributed by atoms with Gasteiger partial charge in [0.15, 0.2) is 0 Å². The number of nitrogens with zero attached hydrogens (tertiary/aromatic N) is 1. The van der Waals surface area contributed by atoms with Crippen molar-refractivity contribution in [2.24, 2.45) is 5.41 Å². The highest BCUT2D eigenvalue weighted by molar-refractivity contribution is 5.48. The molecule has 0 aromatic heterocycles. The van der Waals surface area contributed by atoms with Crippen LogP contribution in [0.15, 0.2) is 24.3 Å². The van der Waals surface area contributed by atoms with E-state index in [1.165, 1.54) is 44.2 Å². The van der Waals surface area contributed by atoms with Gasteiger partial charge in [0, 0.05) is 31.2 Å². The second-order valence-corrected chi connectivity index (χ2v) is 6.57. The summed E-state index contributed by atoms with van der Waals surface area (Å²) >= 11 is 0. The van der Waals surface area contributed by atoms with Crippen LogP contribution < -0.4 is 10.2 Å². The molecule has 1 aliphatic carbocycles. The van der Waals surface area contributed by atoms with Crippen LogP contribution in [0, 0.1) is 5.41 Å². The Kier molecular flexibility index (Phi) is 5.92. The van der Waals surface area contributed by atoms with E-state index in [2.05, 4.69) is 24.2 Å². The summed E-state index contributed by atoms with van der Waals surface area (Å²) in [4.78, 5) is 2.35. The fourth-order valence-corrected chi connectivity index (χ4v) is 3.56. The zero-order valence-electron chi connectivity index (χ0n) is 13.6. The van der Waals surface area contributed by atoms with Crippen LogP contribution >= 0.6 is 0 Å². The van der Waals surface area contributed by atoms with Gasteiger partial charge in [0.05, 0.1) is 0 Å². The van der Waals surface area contributed by atoms with Gasteiger partial charge in [-0.1, -0.05) is 32.6 Å². The molecule has 2 N–H and O–H groups in total. The second-order valence-electron chi connectivity index (χ2n) is 6.57. The number of phenols is 1. The molecule has 0 amide bonds. The van der Waals surface area contributed by atoms with Crippen LogP contribution in [0.5, 0.6) is 5.75 Å². The number of anilines is 1. The predicted octanol–water partition coefficient (Wildman–Crippen LogP) is 3.78. The van der Waals surface area contributed by atoms with Crippen molar-refractivity contribution < 1.29 is 5.11 Å². The molecule has 3 nitrogen and oxygen atoms in total. The molecule has 0 unspecified atom stereocenters. The van der Waals surface area contributed by atoms with E-state index >= 15 is 0 Å². The Morgan fingerprint density at radius 1 is 1.10 bits per heavy atom. The zero-order valence-corrected chi connectivity index (χ0v) is 13.6. The van der Waals surface area contributed by atoms with E-state index in [-0.39, 0.29) is 0 Å². The van der Waals surface area contributed by atoms with Gasteiger partial charge in [0.2, 0.25) is 0 Å². The third kappa shape index (κ3) is 4.63. The molecule has 1 fully saturated rings. The zero-order chi connectivity index (χ0) is 15.1. The minimum atomic E-state index is 0.337. The number of phenolic OH excluding ortho intramolecular Hbond substituents is 1. The lowest BCUT2D eigenvalue weighted by molar-refractivity contribution is 0.241. The fourth-order valence-electron chi connectivity index (χ4n) is 3.56. The number of aromatic hydroxyl groups is 1. The summed E-state index contributed by atoms with van der Waals surface area (Å²) in [6, 6.07) is 7.56. The molecule has 2 rings (SSSR count). The summed E-state index contributed by atoms with van der Waals surface area (Å²) in [5, 5.41) is 13.0. The first-order chi connectivity index (χ1) is 10.2. The molecule has 0 bridgehead atoms. The van der Waals surface area contributed by atoms with Gasteiger partial charge in [0.25, 0.3) is 0 Å². The normalized spacial score (nSPS) is 18.2. The van der Waals surface area contributed by atoms with Gasteiger partial charge in [-0.2, -0.15) is 0 Å². The van der Waals surface area contributed by atoms with E-state index < -0.39 is 0 Å². The molecule has 0 saturated heterocycles. The fraction of sp³-hybridized carbons (Fsp3) is 0.667. The summed E-state index contributed by atoms with van der Waals surface area (Å²) in [5.74, 6) is 0.337. The third-order valence-electron chi connectivity index (χ3n) is 4.78. The van der Waals surface area contributed by atoms with Crippen molar-refractivity contribution in [3.63, 3.8) is 0 Å². The minimum Gasteiger partial charge on any atom is -0.508 e. The van der Waals surface area contributed by atoms with Crippen molar-refractivity contribution in [2.45, 2.75) is 45.4 Å². The summed E-state index contributed by atoms with van der Waals surface area (Å²) < 4.78 is 0. The summed E-state index contributed by atoms with van der Waals surface area (Å²) in [6.45, 7) is 5.44. The highest BCUT2D eigenvalue weighted by Gasteiger charge is 2.31. The molecule has 0 heterocycles. The maximum atomic E-state index is 9.44. The summed E-state index contributed by atoms with van der Waals surface area (Å²) in [6.07, 6.45) is 8.13. The molecule has 0 radical (unpaired) electrons. The van der Waals surface area contributed by atoms with Crippen LogP contribution in [0.4, 0.5) is 5.69 Å². The molecule has 0 aliphatic heterocycles. The molecule has 0 atom stereocenters. The smallest absolute Gasteiger partial charge is 0.115 e. The molecule has 0 spiro atoms. The Bertz CT molecular complexity index is 408. The molecule has 21 heavy (non-hydrogen) atoms. The first-order valence-corrected chi connectivity index (χ1v) is 8.36. The third-order valence-corrected chi connectivity index (χ3v) is 4.78. The average molecular weight is 290 g/mol. The highest BCUT2D eigenvalue weighted by atomic mass is 16.3. The van der Waals surface area contributed by atoms with Crippen LogP contribution in [0.25, 0.3) is 0 Å². The Labute approximate surface area is 129 Å². The Hall–Kier alpha value is -1.22. The van der Waals surface area contributed by atoms with Gasteiger partial charge < -0.3 is 15.3 Å². The second kappa shape index (κ2) is 7.69. The van der Waals surface area contributed by atoms with E-state index in [0.717, 1.165) is 19.6 Å². The highest BCUT2D eigenvalue weighted by Crippen LogP contribution is 2.36. The molecule has 1 aromatic carbocycles.